The van der Waals surface area contributed by atoms with Crippen LogP contribution < -0.4 is 4.18 Å². The van der Waals surface area contributed by atoms with E-state index in [9.17, 15) is 4.79 Å². The average molecular weight is 252 g/mol. The first-order valence-electron chi connectivity index (χ1n) is 5.70. The van der Waals surface area contributed by atoms with Gasteiger partial charge in [-0.2, -0.15) is 0 Å². The molecule has 0 aliphatic carbocycles. The summed E-state index contributed by atoms with van der Waals surface area (Å²) in [6, 6.07) is 4.06. The molecule has 0 spiro atoms. The number of aryl methyl sites for hydroxylation is 2. The first kappa shape index (κ1) is 14.1. The second-order valence-electron chi connectivity index (χ2n) is 5.31. The lowest BCUT2D eigenvalue weighted by Crippen LogP contribution is -2.22. The Kier molecular flexibility index (Phi) is 4.26. The van der Waals surface area contributed by atoms with E-state index in [0.29, 0.717) is 6.42 Å². The molecule has 0 aliphatic rings. The summed E-state index contributed by atoms with van der Waals surface area (Å²) in [4.78, 5) is 11.4. The van der Waals surface area contributed by atoms with Gasteiger partial charge in [-0.15, -0.1) is 0 Å². The van der Waals surface area contributed by atoms with E-state index in [2.05, 4.69) is 32.8 Å². The number of benzene rings is 1. The summed E-state index contributed by atoms with van der Waals surface area (Å²) in [7, 11) is 0. The van der Waals surface area contributed by atoms with E-state index in [1.807, 2.05) is 19.9 Å². The van der Waals surface area contributed by atoms with Gasteiger partial charge < -0.3 is 4.18 Å². The Bertz CT molecular complexity index is 436. The summed E-state index contributed by atoms with van der Waals surface area (Å²) in [6.07, 6.45) is 0.501. The number of Topliss-reactive ketones (excluding diaryl/α,β-unsaturated/α-hetero) is 1. The molecule has 0 fully saturated rings. The van der Waals surface area contributed by atoms with E-state index in [0.717, 1.165) is 22.4 Å². The molecule has 0 amide bonds. The van der Waals surface area contributed by atoms with Crippen LogP contribution in [0.5, 0.6) is 5.75 Å². The Balaban J connectivity index is 3.33. The van der Waals surface area contributed by atoms with Gasteiger partial charge in [-0.1, -0.05) is 19.9 Å². The number of carbonyl (C=O) groups is 1. The highest BCUT2D eigenvalue weighted by Crippen LogP contribution is 2.38. The van der Waals surface area contributed by atoms with Crippen molar-refractivity contribution in [3.05, 3.63) is 28.8 Å². The van der Waals surface area contributed by atoms with Crippen molar-refractivity contribution in [1.29, 1.82) is 0 Å². The topological polar surface area (TPSA) is 26.3 Å². The van der Waals surface area contributed by atoms with Crippen molar-refractivity contribution < 1.29 is 8.98 Å². The van der Waals surface area contributed by atoms with Gasteiger partial charge in [-0.3, -0.25) is 4.79 Å². The number of rotatable bonds is 4. The molecule has 1 rings (SSSR count). The predicted molar refractivity (Wildman–Crippen MR) is 73.9 cm³/mol. The molecule has 0 heterocycles. The third-order valence-corrected chi connectivity index (χ3v) is 3.11. The van der Waals surface area contributed by atoms with Gasteiger partial charge in [0.15, 0.2) is 0 Å². The number of thiol groups is 1. The molecule has 0 saturated heterocycles. The predicted octanol–water partition coefficient (Wildman–Crippen LogP) is 3.78. The minimum absolute atomic E-state index is 0.181. The highest BCUT2D eigenvalue weighted by Gasteiger charge is 2.28. The molecule has 0 N–H and O–H groups in total. The molecular weight excluding hydrogens is 232 g/mol. The fourth-order valence-electron chi connectivity index (χ4n) is 2.58. The van der Waals surface area contributed by atoms with Crippen molar-refractivity contribution in [3.63, 3.8) is 0 Å². The minimum atomic E-state index is -0.234. The molecule has 0 atom stereocenters. The molecular formula is C14H20O2S. The molecule has 0 bridgehead atoms. The van der Waals surface area contributed by atoms with Crippen LogP contribution in [0.1, 0.15) is 43.9 Å². The van der Waals surface area contributed by atoms with Crippen LogP contribution in [-0.4, -0.2) is 5.78 Å². The zero-order valence-electron chi connectivity index (χ0n) is 11.1. The Hall–Kier alpha value is -0.960. The lowest BCUT2D eigenvalue weighted by Gasteiger charge is -2.28. The van der Waals surface area contributed by atoms with Gasteiger partial charge in [0, 0.05) is 30.3 Å². The summed E-state index contributed by atoms with van der Waals surface area (Å²) in [5.74, 6) is 0.928. The second kappa shape index (κ2) is 5.13. The largest absolute Gasteiger partial charge is 0.429 e. The number of hydrogen-bond donors (Lipinski definition) is 1. The minimum Gasteiger partial charge on any atom is -0.429 e. The highest BCUT2D eigenvalue weighted by molar-refractivity contribution is 7.75. The van der Waals surface area contributed by atoms with Gasteiger partial charge in [-0.05, 0) is 38.0 Å². The average Bonchev–Trinajstić information content (AvgIpc) is 2.13. The molecule has 0 radical (unpaired) electrons. The van der Waals surface area contributed by atoms with Crippen LogP contribution >= 0.6 is 12.9 Å². The highest BCUT2D eigenvalue weighted by atomic mass is 32.1. The molecule has 1 aromatic rings. The molecule has 3 heteroatoms. The van der Waals surface area contributed by atoms with Crippen LogP contribution in [0, 0.1) is 13.8 Å². The van der Waals surface area contributed by atoms with Crippen LogP contribution in [-0.2, 0) is 10.2 Å². The first-order valence-corrected chi connectivity index (χ1v) is 6.07. The molecule has 17 heavy (non-hydrogen) atoms. The third kappa shape index (κ3) is 3.25. The van der Waals surface area contributed by atoms with E-state index in [-0.39, 0.29) is 11.2 Å². The van der Waals surface area contributed by atoms with Gasteiger partial charge in [0.2, 0.25) is 0 Å². The van der Waals surface area contributed by atoms with Crippen LogP contribution in [0.4, 0.5) is 0 Å². The summed E-state index contributed by atoms with van der Waals surface area (Å²) < 4.78 is 5.16. The van der Waals surface area contributed by atoms with Crippen molar-refractivity contribution >= 4 is 18.7 Å². The van der Waals surface area contributed by atoms with E-state index in [1.54, 1.807) is 6.92 Å². The molecule has 0 unspecified atom stereocenters. The molecule has 1 aromatic carbocycles. The Morgan fingerprint density at radius 2 is 1.94 bits per heavy atom. The molecule has 0 saturated carbocycles. The summed E-state index contributed by atoms with van der Waals surface area (Å²) in [6.45, 7) is 9.79. The maximum atomic E-state index is 11.4. The van der Waals surface area contributed by atoms with E-state index in [1.165, 1.54) is 0 Å². The zero-order chi connectivity index (χ0) is 13.2. The van der Waals surface area contributed by atoms with Crippen LogP contribution in [0.15, 0.2) is 12.1 Å². The van der Waals surface area contributed by atoms with Gasteiger partial charge in [0.05, 0.1) is 0 Å². The van der Waals surface area contributed by atoms with Crippen molar-refractivity contribution in [2.45, 2.75) is 46.5 Å². The monoisotopic (exact) mass is 252 g/mol. The molecule has 94 valence electrons. The number of hydrogen-bond acceptors (Lipinski definition) is 3. The fourth-order valence-corrected chi connectivity index (χ4v) is 2.72. The Morgan fingerprint density at radius 1 is 1.35 bits per heavy atom. The summed E-state index contributed by atoms with van der Waals surface area (Å²) >= 11 is 3.91. The molecule has 2 nitrogen and oxygen atoms in total. The number of ketones is 1. The van der Waals surface area contributed by atoms with Crippen molar-refractivity contribution in [2.75, 3.05) is 0 Å². The quantitative estimate of drug-likeness (QED) is 0.652. The normalized spacial score (nSPS) is 11.4. The molecule has 0 aliphatic heterocycles. The van der Waals surface area contributed by atoms with Gasteiger partial charge in [0.25, 0.3) is 0 Å². The van der Waals surface area contributed by atoms with E-state index in [4.69, 9.17) is 4.18 Å². The maximum Gasteiger partial charge on any atom is 0.141 e. The van der Waals surface area contributed by atoms with Crippen molar-refractivity contribution in [1.82, 2.24) is 0 Å². The lowest BCUT2D eigenvalue weighted by molar-refractivity contribution is -0.118. The Labute approximate surface area is 109 Å². The van der Waals surface area contributed by atoms with E-state index < -0.39 is 0 Å². The third-order valence-electron chi connectivity index (χ3n) is 2.91. The standard InChI is InChI=1S/C14H20O2S/c1-9-6-10(2)13(12(7-9)16-17)14(4,5)8-11(3)15/h6-7,17H,8H2,1-5H3. The lowest BCUT2D eigenvalue weighted by atomic mass is 9.77. The van der Waals surface area contributed by atoms with Crippen LogP contribution in [0.2, 0.25) is 0 Å². The molecule has 0 aromatic heterocycles. The summed E-state index contributed by atoms with van der Waals surface area (Å²) in [5.41, 5.74) is 3.10. The SMILES string of the molecule is CC(=O)CC(C)(C)c1c(C)cc(C)cc1OS. The first-order chi connectivity index (χ1) is 7.77. The van der Waals surface area contributed by atoms with Gasteiger partial charge in [0.1, 0.15) is 11.5 Å². The zero-order valence-corrected chi connectivity index (χ0v) is 12.0. The fraction of sp³-hybridized carbons (Fsp3) is 0.500. The van der Waals surface area contributed by atoms with Gasteiger partial charge >= 0.3 is 0 Å². The van der Waals surface area contributed by atoms with Gasteiger partial charge in [-0.25, -0.2) is 0 Å². The van der Waals surface area contributed by atoms with E-state index >= 15 is 0 Å². The smallest absolute Gasteiger partial charge is 0.141 e. The van der Waals surface area contributed by atoms with Crippen LogP contribution in [0.3, 0.4) is 0 Å². The van der Waals surface area contributed by atoms with Crippen molar-refractivity contribution in [3.8, 4) is 5.75 Å². The van der Waals surface area contributed by atoms with Crippen molar-refractivity contribution in [2.24, 2.45) is 0 Å². The second-order valence-corrected chi connectivity index (χ2v) is 5.49. The number of carbonyl (C=O) groups excluding carboxylic acids is 1. The Morgan fingerprint density at radius 3 is 2.41 bits per heavy atom. The van der Waals surface area contributed by atoms with Crippen LogP contribution in [0.25, 0.3) is 0 Å². The maximum absolute atomic E-state index is 11.4. The summed E-state index contributed by atoms with van der Waals surface area (Å²) in [5, 5.41) is 0.